The van der Waals surface area contributed by atoms with Crippen molar-refractivity contribution >= 4 is 11.8 Å². The molecule has 0 fully saturated rings. The molecule has 6 heteroatoms. The highest BCUT2D eigenvalue weighted by molar-refractivity contribution is 8.00. The van der Waals surface area contributed by atoms with Gasteiger partial charge in [-0.15, -0.1) is 11.8 Å². The van der Waals surface area contributed by atoms with Gasteiger partial charge in [-0.1, -0.05) is 18.2 Å². The van der Waals surface area contributed by atoms with Gasteiger partial charge in [0.05, 0.1) is 23.2 Å². The average molecular weight is 344 g/mol. The third kappa shape index (κ3) is 2.61. The lowest BCUT2D eigenvalue weighted by molar-refractivity contribution is 0.170. The van der Waals surface area contributed by atoms with Gasteiger partial charge < -0.3 is 9.67 Å². The number of aliphatic hydroxyl groups excluding tert-OH is 1. The summed E-state index contributed by atoms with van der Waals surface area (Å²) >= 11 is 1.52. The lowest BCUT2D eigenvalue weighted by atomic mass is 10.00. The predicted octanol–water partition coefficient (Wildman–Crippen LogP) is 4.04. The molecule has 0 saturated carbocycles. The molecule has 2 aromatic carbocycles. The SMILES string of the molecule is OC1c2ccc(-c3c(F)cccc3F)cc2SC1Cn1ccnc1. The van der Waals surface area contributed by atoms with Crippen molar-refractivity contribution in [3.63, 3.8) is 0 Å². The second kappa shape index (κ2) is 6.03. The summed E-state index contributed by atoms with van der Waals surface area (Å²) in [6, 6.07) is 9.00. The maximum atomic E-state index is 14.0. The van der Waals surface area contributed by atoms with Crippen LogP contribution in [0.1, 0.15) is 11.7 Å². The first-order valence-electron chi connectivity index (χ1n) is 7.52. The summed E-state index contributed by atoms with van der Waals surface area (Å²) in [4.78, 5) is 4.85. The van der Waals surface area contributed by atoms with Gasteiger partial charge in [0.15, 0.2) is 0 Å². The minimum Gasteiger partial charge on any atom is -0.387 e. The van der Waals surface area contributed by atoms with E-state index in [0.717, 1.165) is 10.5 Å². The number of nitrogens with zero attached hydrogens (tertiary/aromatic N) is 2. The second-order valence-electron chi connectivity index (χ2n) is 5.71. The maximum absolute atomic E-state index is 14.0. The fraction of sp³-hybridized carbons (Fsp3) is 0.167. The van der Waals surface area contributed by atoms with Gasteiger partial charge in [-0.25, -0.2) is 13.8 Å². The Kier molecular flexibility index (Phi) is 3.86. The molecule has 1 aromatic heterocycles. The van der Waals surface area contributed by atoms with E-state index in [-0.39, 0.29) is 10.8 Å². The molecular weight excluding hydrogens is 330 g/mol. The molecular formula is C18H14F2N2OS. The number of fused-ring (bicyclic) bond motifs is 1. The van der Waals surface area contributed by atoms with Crippen LogP contribution < -0.4 is 0 Å². The zero-order chi connectivity index (χ0) is 16.7. The molecule has 0 spiro atoms. The third-order valence-corrected chi connectivity index (χ3v) is 5.48. The summed E-state index contributed by atoms with van der Waals surface area (Å²) in [5.41, 5.74) is 1.24. The van der Waals surface area contributed by atoms with Crippen LogP contribution in [-0.2, 0) is 6.54 Å². The largest absolute Gasteiger partial charge is 0.387 e. The summed E-state index contributed by atoms with van der Waals surface area (Å²) < 4.78 is 29.9. The number of aromatic nitrogens is 2. The van der Waals surface area contributed by atoms with Crippen LogP contribution in [-0.4, -0.2) is 19.9 Å². The fourth-order valence-electron chi connectivity index (χ4n) is 2.98. The van der Waals surface area contributed by atoms with Crippen molar-refractivity contribution < 1.29 is 13.9 Å². The Labute approximate surface area is 142 Å². The Morgan fingerprint density at radius 3 is 2.67 bits per heavy atom. The van der Waals surface area contributed by atoms with Crippen LogP contribution in [0.25, 0.3) is 11.1 Å². The number of benzene rings is 2. The van der Waals surface area contributed by atoms with E-state index in [1.165, 1.54) is 30.0 Å². The number of aliphatic hydroxyl groups is 1. The summed E-state index contributed by atoms with van der Waals surface area (Å²) in [7, 11) is 0. The van der Waals surface area contributed by atoms with Crippen LogP contribution in [0, 0.1) is 11.6 Å². The number of halogens is 2. The van der Waals surface area contributed by atoms with Crippen molar-refractivity contribution in [2.45, 2.75) is 22.8 Å². The Bertz CT molecular complexity index is 862. The molecule has 4 rings (SSSR count). The summed E-state index contributed by atoms with van der Waals surface area (Å²) in [5.74, 6) is -1.18. The van der Waals surface area contributed by atoms with E-state index in [1.807, 2.05) is 10.8 Å². The topological polar surface area (TPSA) is 38.0 Å². The number of imidazole rings is 1. The molecule has 0 bridgehead atoms. The Hall–Kier alpha value is -2.18. The molecule has 24 heavy (non-hydrogen) atoms. The van der Waals surface area contributed by atoms with E-state index in [0.29, 0.717) is 12.1 Å². The molecule has 122 valence electrons. The summed E-state index contributed by atoms with van der Waals surface area (Å²) in [6.45, 7) is 0.615. The number of hydrogen-bond donors (Lipinski definition) is 1. The summed E-state index contributed by atoms with van der Waals surface area (Å²) in [5, 5.41) is 10.4. The lowest BCUT2D eigenvalue weighted by Gasteiger charge is -2.14. The van der Waals surface area contributed by atoms with E-state index >= 15 is 0 Å². The number of thioether (sulfide) groups is 1. The second-order valence-corrected chi connectivity index (χ2v) is 6.99. The van der Waals surface area contributed by atoms with Gasteiger partial charge in [0, 0.05) is 23.8 Å². The van der Waals surface area contributed by atoms with Gasteiger partial charge in [0.1, 0.15) is 11.6 Å². The van der Waals surface area contributed by atoms with Crippen molar-refractivity contribution in [2.24, 2.45) is 0 Å². The molecule has 0 radical (unpaired) electrons. The molecule has 0 amide bonds. The fourth-order valence-corrected chi connectivity index (χ4v) is 4.35. The van der Waals surface area contributed by atoms with Crippen molar-refractivity contribution in [3.05, 3.63) is 72.3 Å². The summed E-state index contributed by atoms with van der Waals surface area (Å²) in [6.07, 6.45) is 4.62. The van der Waals surface area contributed by atoms with Crippen LogP contribution in [0.15, 0.2) is 60.0 Å². The van der Waals surface area contributed by atoms with Crippen molar-refractivity contribution in [1.29, 1.82) is 0 Å². The van der Waals surface area contributed by atoms with Gasteiger partial charge in [0.25, 0.3) is 0 Å². The molecule has 2 unspecified atom stereocenters. The van der Waals surface area contributed by atoms with E-state index in [2.05, 4.69) is 4.98 Å². The molecule has 2 atom stereocenters. The normalized spacial score (nSPS) is 19.5. The van der Waals surface area contributed by atoms with Crippen molar-refractivity contribution in [1.82, 2.24) is 9.55 Å². The maximum Gasteiger partial charge on any atom is 0.133 e. The minimum absolute atomic E-state index is 0.0338. The van der Waals surface area contributed by atoms with Crippen molar-refractivity contribution in [3.8, 4) is 11.1 Å². The lowest BCUT2D eigenvalue weighted by Crippen LogP contribution is -2.16. The highest BCUT2D eigenvalue weighted by Crippen LogP contribution is 2.46. The minimum atomic E-state index is -0.619. The molecule has 3 nitrogen and oxygen atoms in total. The van der Waals surface area contributed by atoms with Crippen LogP contribution in [0.2, 0.25) is 0 Å². The first kappa shape index (κ1) is 15.4. The first-order valence-corrected chi connectivity index (χ1v) is 8.40. The molecule has 2 heterocycles. The molecule has 1 aliphatic rings. The van der Waals surface area contributed by atoms with E-state index in [9.17, 15) is 13.9 Å². The van der Waals surface area contributed by atoms with E-state index in [4.69, 9.17) is 0 Å². The van der Waals surface area contributed by atoms with E-state index in [1.54, 1.807) is 30.7 Å². The Balaban J connectivity index is 1.66. The van der Waals surface area contributed by atoms with Crippen molar-refractivity contribution in [2.75, 3.05) is 0 Å². The highest BCUT2D eigenvalue weighted by atomic mass is 32.2. The van der Waals surface area contributed by atoms with Crippen LogP contribution in [0.3, 0.4) is 0 Å². The smallest absolute Gasteiger partial charge is 0.133 e. The van der Waals surface area contributed by atoms with Crippen LogP contribution in [0.5, 0.6) is 0 Å². The molecule has 1 N–H and O–H groups in total. The molecule has 1 aliphatic heterocycles. The van der Waals surface area contributed by atoms with Gasteiger partial charge in [-0.2, -0.15) is 0 Å². The van der Waals surface area contributed by atoms with Gasteiger partial charge >= 0.3 is 0 Å². The standard InChI is InChI=1S/C18H14F2N2OS/c19-13-2-1-3-14(20)17(13)11-4-5-12-15(8-11)24-16(18(12)23)9-22-7-6-21-10-22/h1-8,10,16,18,23H,9H2. The zero-order valence-corrected chi connectivity index (χ0v) is 13.4. The van der Waals surface area contributed by atoms with E-state index < -0.39 is 17.7 Å². The average Bonchev–Trinajstić information content (AvgIpc) is 3.16. The predicted molar refractivity (Wildman–Crippen MR) is 88.6 cm³/mol. The number of hydrogen-bond acceptors (Lipinski definition) is 3. The first-order chi connectivity index (χ1) is 11.6. The Morgan fingerprint density at radius 1 is 1.17 bits per heavy atom. The van der Waals surface area contributed by atoms with Crippen LogP contribution in [0.4, 0.5) is 8.78 Å². The monoisotopic (exact) mass is 344 g/mol. The number of rotatable bonds is 3. The zero-order valence-electron chi connectivity index (χ0n) is 12.6. The molecule has 0 saturated heterocycles. The van der Waals surface area contributed by atoms with Gasteiger partial charge in [0.2, 0.25) is 0 Å². The van der Waals surface area contributed by atoms with Gasteiger partial charge in [-0.3, -0.25) is 0 Å². The van der Waals surface area contributed by atoms with Crippen LogP contribution >= 0.6 is 11.8 Å². The third-order valence-electron chi connectivity index (χ3n) is 4.16. The molecule has 3 aromatic rings. The quantitative estimate of drug-likeness (QED) is 0.779. The Morgan fingerprint density at radius 2 is 1.96 bits per heavy atom. The molecule has 0 aliphatic carbocycles. The highest BCUT2D eigenvalue weighted by Gasteiger charge is 2.32. The van der Waals surface area contributed by atoms with Gasteiger partial charge in [-0.05, 0) is 29.3 Å².